The van der Waals surface area contributed by atoms with Crippen molar-refractivity contribution in [1.82, 2.24) is 24.6 Å². The second-order valence-electron chi connectivity index (χ2n) is 6.99. The lowest BCUT2D eigenvalue weighted by Gasteiger charge is -2.15. The maximum atomic E-state index is 13.0. The number of aromatic nitrogens is 4. The molecule has 0 saturated heterocycles. The van der Waals surface area contributed by atoms with Crippen molar-refractivity contribution in [3.63, 3.8) is 0 Å². The number of carbonyl (C=O) groups is 1. The molecule has 0 bridgehead atoms. The van der Waals surface area contributed by atoms with E-state index >= 15 is 0 Å². The lowest BCUT2D eigenvalue weighted by atomic mass is 10.1. The zero-order chi connectivity index (χ0) is 20.4. The molecule has 3 heterocycles. The molecule has 3 aromatic rings. The molecule has 1 unspecified atom stereocenters. The molecule has 0 fully saturated rings. The summed E-state index contributed by atoms with van der Waals surface area (Å²) in [6.45, 7) is 0.703. The molecule has 9 heteroatoms. The third kappa shape index (κ3) is 4.23. The summed E-state index contributed by atoms with van der Waals surface area (Å²) < 4.78 is 29.0. The largest absolute Gasteiger partial charge is 0.348 e. The van der Waals surface area contributed by atoms with Gasteiger partial charge in [0, 0.05) is 19.0 Å². The number of amides is 1. The summed E-state index contributed by atoms with van der Waals surface area (Å²) in [7, 11) is 0. The van der Waals surface area contributed by atoms with Crippen LogP contribution in [-0.4, -0.2) is 31.3 Å². The van der Waals surface area contributed by atoms with Crippen molar-refractivity contribution in [2.75, 3.05) is 0 Å². The molecule has 1 aromatic carbocycles. The molecule has 1 amide bonds. The highest BCUT2D eigenvalue weighted by Crippen LogP contribution is 2.13. The Balaban J connectivity index is 1.42. The molecule has 0 spiro atoms. The smallest absolute Gasteiger partial charge is 0.346 e. The fourth-order valence-electron chi connectivity index (χ4n) is 3.41. The number of carbonyl (C=O) groups excluding carboxylic acids is 1. The normalized spacial score (nSPS) is 16.1. The molecule has 2 aromatic heterocycles. The van der Waals surface area contributed by atoms with E-state index in [0.717, 1.165) is 11.8 Å². The molecule has 1 atom stereocenters. The van der Waals surface area contributed by atoms with Crippen LogP contribution in [0.4, 0.5) is 8.78 Å². The third-order valence-corrected chi connectivity index (χ3v) is 4.96. The molecule has 4 rings (SSSR count). The van der Waals surface area contributed by atoms with E-state index in [1.54, 1.807) is 16.7 Å². The van der Waals surface area contributed by atoms with Crippen molar-refractivity contribution in [3.8, 4) is 0 Å². The van der Waals surface area contributed by atoms with E-state index in [9.17, 15) is 18.4 Å². The van der Waals surface area contributed by atoms with Crippen LogP contribution in [0.1, 0.15) is 34.7 Å². The molecular weight excluding hydrogens is 380 g/mol. The third-order valence-electron chi connectivity index (χ3n) is 4.96. The second-order valence-corrected chi connectivity index (χ2v) is 6.99. The van der Waals surface area contributed by atoms with Crippen LogP contribution in [0.5, 0.6) is 0 Å². The van der Waals surface area contributed by atoms with Gasteiger partial charge in [0.15, 0.2) is 0 Å². The zero-order valence-electron chi connectivity index (χ0n) is 15.5. The summed E-state index contributed by atoms with van der Waals surface area (Å²) in [5, 5.41) is 7.31. The van der Waals surface area contributed by atoms with Gasteiger partial charge in [0.2, 0.25) is 0 Å². The van der Waals surface area contributed by atoms with E-state index in [1.165, 1.54) is 28.9 Å². The minimum atomic E-state index is -0.502. The minimum Gasteiger partial charge on any atom is -0.348 e. The van der Waals surface area contributed by atoms with Crippen molar-refractivity contribution in [3.05, 3.63) is 81.8 Å². The summed E-state index contributed by atoms with van der Waals surface area (Å²) in [5.41, 5.74) is 0.713. The van der Waals surface area contributed by atoms with Crippen molar-refractivity contribution in [2.24, 2.45) is 0 Å². The van der Waals surface area contributed by atoms with Crippen LogP contribution in [0.25, 0.3) is 0 Å². The van der Waals surface area contributed by atoms with Gasteiger partial charge in [-0.1, -0.05) is 12.1 Å². The van der Waals surface area contributed by atoms with E-state index in [4.69, 9.17) is 0 Å². The number of hydrogen-bond donors (Lipinski definition) is 1. The monoisotopic (exact) mass is 399 g/mol. The highest BCUT2D eigenvalue weighted by atomic mass is 19.1. The number of fused-ring (bicyclic) bond motifs is 1. The highest BCUT2D eigenvalue weighted by Gasteiger charge is 2.22. The first-order valence-corrected chi connectivity index (χ1v) is 9.33. The number of aryl methyl sites for hydroxylation is 1. The first-order chi connectivity index (χ1) is 14.0. The minimum absolute atomic E-state index is 0.138. The van der Waals surface area contributed by atoms with Crippen molar-refractivity contribution < 1.29 is 13.6 Å². The molecule has 29 heavy (non-hydrogen) atoms. The molecule has 1 N–H and O–H groups in total. The maximum Gasteiger partial charge on any atom is 0.346 e. The van der Waals surface area contributed by atoms with Gasteiger partial charge in [-0.15, -0.1) is 0 Å². The molecule has 1 aliphatic heterocycles. The summed E-state index contributed by atoms with van der Waals surface area (Å²) in [6.07, 6.45) is 2.73. The molecule has 0 radical (unpaired) electrons. The fraction of sp³-hybridized carbons (Fsp3) is 0.300. The quantitative estimate of drug-likeness (QED) is 0.727. The van der Waals surface area contributed by atoms with E-state index in [-0.39, 0.29) is 35.7 Å². The summed E-state index contributed by atoms with van der Waals surface area (Å²) >= 11 is 0. The summed E-state index contributed by atoms with van der Waals surface area (Å²) in [6, 6.07) is 8.34. The Morgan fingerprint density at radius 2 is 1.86 bits per heavy atom. The van der Waals surface area contributed by atoms with Crippen LogP contribution in [0, 0.1) is 11.6 Å². The van der Waals surface area contributed by atoms with Gasteiger partial charge in [-0.2, -0.15) is 5.10 Å². The van der Waals surface area contributed by atoms with Gasteiger partial charge in [-0.05, 0) is 42.7 Å². The van der Waals surface area contributed by atoms with Crippen molar-refractivity contribution in [2.45, 2.75) is 38.4 Å². The number of rotatable bonds is 4. The number of pyridine rings is 1. The van der Waals surface area contributed by atoms with Gasteiger partial charge in [-0.3, -0.25) is 9.36 Å². The van der Waals surface area contributed by atoms with Crippen LogP contribution in [0.15, 0.2) is 47.4 Å². The van der Waals surface area contributed by atoms with Crippen molar-refractivity contribution in [1.29, 1.82) is 0 Å². The fourth-order valence-corrected chi connectivity index (χ4v) is 3.41. The Labute approximate surface area is 165 Å². The highest BCUT2D eigenvalue weighted by molar-refractivity contribution is 5.92. The topological polar surface area (TPSA) is 81.8 Å². The molecule has 150 valence electrons. The van der Waals surface area contributed by atoms with Crippen LogP contribution < -0.4 is 11.0 Å². The van der Waals surface area contributed by atoms with Gasteiger partial charge < -0.3 is 5.32 Å². The average Bonchev–Trinajstić information content (AvgIpc) is 2.87. The summed E-state index contributed by atoms with van der Waals surface area (Å²) in [4.78, 5) is 28.7. The lowest BCUT2D eigenvalue weighted by Crippen LogP contribution is -2.36. The van der Waals surface area contributed by atoms with Crippen LogP contribution in [0.3, 0.4) is 0 Å². The molecule has 7 nitrogen and oxygen atoms in total. The molecule has 0 aliphatic carbocycles. The van der Waals surface area contributed by atoms with Crippen molar-refractivity contribution >= 4 is 5.91 Å². The van der Waals surface area contributed by atoms with E-state index in [2.05, 4.69) is 15.4 Å². The first-order valence-electron chi connectivity index (χ1n) is 9.33. The van der Waals surface area contributed by atoms with Gasteiger partial charge in [-0.25, -0.2) is 23.2 Å². The van der Waals surface area contributed by atoms with Crippen LogP contribution in [0.2, 0.25) is 0 Å². The Hall–Kier alpha value is -3.36. The van der Waals surface area contributed by atoms with E-state index < -0.39 is 5.82 Å². The number of hydrogen-bond acceptors (Lipinski definition) is 4. The predicted molar refractivity (Wildman–Crippen MR) is 100 cm³/mol. The number of benzene rings is 1. The van der Waals surface area contributed by atoms with E-state index in [1.807, 2.05) is 0 Å². The number of nitrogens with one attached hydrogen (secondary N) is 1. The Morgan fingerprint density at radius 3 is 2.59 bits per heavy atom. The van der Waals surface area contributed by atoms with Crippen LogP contribution in [-0.2, 0) is 19.5 Å². The van der Waals surface area contributed by atoms with Gasteiger partial charge in [0.25, 0.3) is 5.91 Å². The Morgan fingerprint density at radius 1 is 1.10 bits per heavy atom. The Bertz CT molecular complexity index is 1070. The average molecular weight is 399 g/mol. The van der Waals surface area contributed by atoms with Gasteiger partial charge in [0.05, 0.1) is 12.7 Å². The first kappa shape index (κ1) is 19.0. The predicted octanol–water partition coefficient (Wildman–Crippen LogP) is 1.90. The maximum absolute atomic E-state index is 13.0. The van der Waals surface area contributed by atoms with Crippen LogP contribution >= 0.6 is 0 Å². The lowest BCUT2D eigenvalue weighted by molar-refractivity contribution is 0.0927. The number of nitrogens with zero attached hydrogens (tertiary/aromatic N) is 4. The number of halogens is 2. The van der Waals surface area contributed by atoms with E-state index in [0.29, 0.717) is 31.6 Å². The molecule has 1 aliphatic rings. The second kappa shape index (κ2) is 7.94. The standard InChI is InChI=1S/C20H19F2N5O2/c21-14-3-1-13(2-4-14)12-27-20(29)26-10-9-16(6-8-18(26)25-27)24-19(28)17-7-5-15(22)11-23-17/h1-5,7,11,16H,6,8-10,12H2,(H,24,28). The molecular formula is C20H19F2N5O2. The summed E-state index contributed by atoms with van der Waals surface area (Å²) in [5.74, 6) is -0.541. The van der Waals surface area contributed by atoms with Gasteiger partial charge >= 0.3 is 5.69 Å². The van der Waals surface area contributed by atoms with Gasteiger partial charge in [0.1, 0.15) is 23.2 Å². The molecule has 0 saturated carbocycles. The zero-order valence-corrected chi connectivity index (χ0v) is 15.5. The Kier molecular flexibility index (Phi) is 5.20. The SMILES string of the molecule is O=C(NC1CCc2nn(Cc3ccc(F)cc3)c(=O)n2CC1)c1ccc(F)cn1.